The highest BCUT2D eigenvalue weighted by Gasteiger charge is 2.32. The predicted molar refractivity (Wildman–Crippen MR) is 103 cm³/mol. The zero-order chi connectivity index (χ0) is 19.6. The van der Waals surface area contributed by atoms with Crippen molar-refractivity contribution in [3.63, 3.8) is 0 Å². The number of H-pyrrole nitrogens is 1. The van der Waals surface area contributed by atoms with Gasteiger partial charge in [0.2, 0.25) is 0 Å². The number of pyridine rings is 2. The van der Waals surface area contributed by atoms with E-state index in [1.165, 1.54) is 6.08 Å². The molecule has 144 valence electrons. The zero-order valence-electron chi connectivity index (χ0n) is 15.0. The van der Waals surface area contributed by atoms with Gasteiger partial charge in [0.25, 0.3) is 0 Å². The largest absolute Gasteiger partial charge is 0.416 e. The van der Waals surface area contributed by atoms with Gasteiger partial charge in [-0.25, -0.2) is 9.97 Å². The second kappa shape index (κ2) is 7.50. The number of fused-ring (bicyclic) bond motifs is 1. The molecule has 0 aromatic carbocycles. The Labute approximate surface area is 160 Å². The molecule has 3 aromatic heterocycles. The Hall–Kier alpha value is -3.09. The van der Waals surface area contributed by atoms with E-state index in [9.17, 15) is 13.2 Å². The average molecular weight is 384 g/mol. The molecular formula is C21H19F3N4. The molecule has 1 aliphatic carbocycles. The van der Waals surface area contributed by atoms with Gasteiger partial charge < -0.3 is 10.3 Å². The van der Waals surface area contributed by atoms with Gasteiger partial charge >= 0.3 is 6.18 Å². The van der Waals surface area contributed by atoms with Crippen molar-refractivity contribution in [2.24, 2.45) is 5.92 Å². The summed E-state index contributed by atoms with van der Waals surface area (Å²) in [6.45, 7) is 0.540. The third-order valence-electron chi connectivity index (χ3n) is 4.82. The number of nitrogens with one attached hydrogen (secondary N) is 2. The highest BCUT2D eigenvalue weighted by Crippen LogP contribution is 2.30. The molecule has 0 bridgehead atoms. The van der Waals surface area contributed by atoms with E-state index in [1.807, 2.05) is 36.7 Å². The van der Waals surface area contributed by atoms with Crippen molar-refractivity contribution in [1.82, 2.24) is 15.0 Å². The van der Waals surface area contributed by atoms with E-state index >= 15 is 0 Å². The molecule has 0 saturated heterocycles. The van der Waals surface area contributed by atoms with Crippen LogP contribution in [-0.4, -0.2) is 27.7 Å². The number of alkyl halides is 3. The fraction of sp³-hybridized carbons (Fsp3) is 0.238. The van der Waals surface area contributed by atoms with Gasteiger partial charge in [-0.15, -0.1) is 0 Å². The summed E-state index contributed by atoms with van der Waals surface area (Å²) in [7, 11) is 0. The second-order valence-electron chi connectivity index (χ2n) is 6.83. The van der Waals surface area contributed by atoms with E-state index in [0.29, 0.717) is 18.8 Å². The summed E-state index contributed by atoms with van der Waals surface area (Å²) in [6.07, 6.45) is 6.38. The van der Waals surface area contributed by atoms with Crippen LogP contribution in [0.4, 0.5) is 19.0 Å². The minimum atomic E-state index is -4.27. The molecule has 0 saturated carbocycles. The third kappa shape index (κ3) is 4.08. The molecule has 0 fully saturated rings. The van der Waals surface area contributed by atoms with Gasteiger partial charge in [0.15, 0.2) is 0 Å². The Morgan fingerprint density at radius 3 is 2.79 bits per heavy atom. The normalized spacial score (nSPS) is 17.0. The molecule has 4 nitrogen and oxygen atoms in total. The highest BCUT2D eigenvalue weighted by atomic mass is 19.4. The van der Waals surface area contributed by atoms with Crippen LogP contribution in [0, 0.1) is 5.92 Å². The van der Waals surface area contributed by atoms with E-state index in [4.69, 9.17) is 0 Å². The van der Waals surface area contributed by atoms with Crippen molar-refractivity contribution in [2.75, 3.05) is 11.9 Å². The number of allylic oxidation sites excluding steroid dienone is 3. The molecule has 28 heavy (non-hydrogen) atoms. The number of halogens is 3. The Morgan fingerprint density at radius 2 is 2.07 bits per heavy atom. The van der Waals surface area contributed by atoms with Gasteiger partial charge in [0, 0.05) is 36.9 Å². The highest BCUT2D eigenvalue weighted by molar-refractivity contribution is 5.79. The average Bonchev–Trinajstić information content (AvgIpc) is 3.10. The lowest BCUT2D eigenvalue weighted by atomic mass is 9.96. The molecule has 0 radical (unpaired) electrons. The lowest BCUT2D eigenvalue weighted by molar-refractivity contribution is -0.0887. The topological polar surface area (TPSA) is 53.6 Å². The van der Waals surface area contributed by atoms with Crippen molar-refractivity contribution in [1.29, 1.82) is 0 Å². The predicted octanol–water partition coefficient (Wildman–Crippen LogP) is 5.03. The van der Waals surface area contributed by atoms with Gasteiger partial charge in [-0.2, -0.15) is 13.2 Å². The van der Waals surface area contributed by atoms with E-state index < -0.39 is 11.7 Å². The molecule has 0 aliphatic heterocycles. The van der Waals surface area contributed by atoms with E-state index in [2.05, 4.69) is 20.3 Å². The van der Waals surface area contributed by atoms with Gasteiger partial charge in [0.05, 0.1) is 5.57 Å². The first kappa shape index (κ1) is 18.3. The van der Waals surface area contributed by atoms with E-state index in [1.54, 1.807) is 12.3 Å². The maximum atomic E-state index is 12.6. The summed E-state index contributed by atoms with van der Waals surface area (Å²) < 4.78 is 37.9. The molecule has 0 amide bonds. The maximum absolute atomic E-state index is 12.6. The summed E-state index contributed by atoms with van der Waals surface area (Å²) in [4.78, 5) is 11.9. The van der Waals surface area contributed by atoms with Crippen molar-refractivity contribution in [2.45, 2.75) is 19.0 Å². The van der Waals surface area contributed by atoms with Gasteiger partial charge in [-0.3, -0.25) is 0 Å². The Balaban J connectivity index is 1.33. The van der Waals surface area contributed by atoms with Gasteiger partial charge in [-0.1, -0.05) is 24.3 Å². The first-order chi connectivity index (χ1) is 13.5. The number of hydrogen-bond donors (Lipinski definition) is 2. The van der Waals surface area contributed by atoms with Crippen LogP contribution in [0.5, 0.6) is 0 Å². The first-order valence-electron chi connectivity index (χ1n) is 9.04. The fourth-order valence-electron chi connectivity index (χ4n) is 3.27. The summed E-state index contributed by atoms with van der Waals surface area (Å²) in [5.41, 5.74) is 2.53. The lowest BCUT2D eigenvalue weighted by Gasteiger charge is -2.18. The molecule has 2 N–H and O–H groups in total. The second-order valence-corrected chi connectivity index (χ2v) is 6.83. The molecule has 7 heteroatoms. The summed E-state index contributed by atoms with van der Waals surface area (Å²) in [5, 5.41) is 4.29. The Kier molecular flexibility index (Phi) is 4.90. The first-order valence-corrected chi connectivity index (χ1v) is 9.04. The molecule has 3 heterocycles. The standard InChI is InChI=1S/C21H19F3N4/c22-21(23,24)17-6-3-14(4-7-17)11-26-19-8-5-15(12-27-19)10-16-13-28-20-18(16)2-1-9-25-20/h1-3,5-9,12-14H,4,10-11H2,(H,25,28)(H,26,27). The molecule has 4 rings (SSSR count). The monoisotopic (exact) mass is 384 g/mol. The van der Waals surface area contributed by atoms with E-state index in [-0.39, 0.29) is 5.92 Å². The quantitative estimate of drug-likeness (QED) is 0.649. The number of hydrogen-bond acceptors (Lipinski definition) is 3. The van der Waals surface area contributed by atoms with Crippen molar-refractivity contribution < 1.29 is 13.2 Å². The Bertz CT molecular complexity index is 1020. The summed E-state index contributed by atoms with van der Waals surface area (Å²) in [5.74, 6) is 0.731. The number of aromatic amines is 1. The van der Waals surface area contributed by atoms with Gasteiger partial charge in [0.1, 0.15) is 11.5 Å². The summed E-state index contributed by atoms with van der Waals surface area (Å²) >= 11 is 0. The minimum Gasteiger partial charge on any atom is -0.369 e. The minimum absolute atomic E-state index is 0.0197. The van der Waals surface area contributed by atoms with E-state index in [0.717, 1.165) is 34.7 Å². The van der Waals surface area contributed by atoms with Crippen molar-refractivity contribution >= 4 is 16.9 Å². The van der Waals surface area contributed by atoms with Crippen LogP contribution in [0.2, 0.25) is 0 Å². The van der Waals surface area contributed by atoms with Gasteiger partial charge in [-0.05, 0) is 41.7 Å². The molecule has 3 aromatic rings. The SMILES string of the molecule is FC(F)(F)C1=CCC(CNc2ccc(Cc3c[nH]c4ncccc34)cn2)C=C1. The maximum Gasteiger partial charge on any atom is 0.416 e. The van der Waals surface area contributed by atoms with Crippen molar-refractivity contribution in [3.8, 4) is 0 Å². The fourth-order valence-corrected chi connectivity index (χ4v) is 3.27. The van der Waals surface area contributed by atoms with Crippen LogP contribution in [0.1, 0.15) is 17.5 Å². The number of anilines is 1. The van der Waals surface area contributed by atoms with Crippen LogP contribution in [0.25, 0.3) is 11.0 Å². The molecule has 0 spiro atoms. The molecular weight excluding hydrogens is 365 g/mol. The van der Waals surface area contributed by atoms with Crippen molar-refractivity contribution in [3.05, 3.63) is 77.8 Å². The zero-order valence-corrected chi connectivity index (χ0v) is 15.0. The Morgan fingerprint density at radius 1 is 1.18 bits per heavy atom. The van der Waals surface area contributed by atoms with Crippen LogP contribution < -0.4 is 5.32 Å². The van der Waals surface area contributed by atoms with Crippen LogP contribution in [0.15, 0.2) is 66.7 Å². The molecule has 1 unspecified atom stereocenters. The summed E-state index contributed by atoms with van der Waals surface area (Å²) in [6, 6.07) is 7.85. The van der Waals surface area contributed by atoms with Crippen LogP contribution >= 0.6 is 0 Å². The number of aromatic nitrogens is 3. The van der Waals surface area contributed by atoms with Crippen LogP contribution in [0.3, 0.4) is 0 Å². The molecule has 1 aliphatic rings. The molecule has 1 atom stereocenters. The smallest absolute Gasteiger partial charge is 0.369 e. The van der Waals surface area contributed by atoms with Crippen LogP contribution in [-0.2, 0) is 6.42 Å². The number of rotatable bonds is 5. The third-order valence-corrected chi connectivity index (χ3v) is 4.82. The number of nitrogens with zero attached hydrogens (tertiary/aromatic N) is 2. The lowest BCUT2D eigenvalue weighted by Crippen LogP contribution is -2.18.